The summed E-state index contributed by atoms with van der Waals surface area (Å²) in [4.78, 5) is 8.13. The van der Waals surface area contributed by atoms with Gasteiger partial charge in [0.05, 0.1) is 11.2 Å². The summed E-state index contributed by atoms with van der Waals surface area (Å²) in [5.74, 6) is 0. The van der Waals surface area contributed by atoms with Crippen LogP contribution in [0.4, 0.5) is 0 Å². The highest BCUT2D eigenvalue weighted by Gasteiger charge is 2.52. The SMILES string of the molecule is CC1(C)OB(c2cc3cnccc3s2)OC1(C)C.c1cc2sccc2cn1. The number of hydrogen-bond donors (Lipinski definition) is 0. The minimum absolute atomic E-state index is 0.271. The monoisotopic (exact) mass is 396 g/mol. The normalized spacial score (nSPS) is 17.9. The average molecular weight is 396 g/mol. The summed E-state index contributed by atoms with van der Waals surface area (Å²) in [6, 6.07) is 8.23. The fraction of sp³-hybridized carbons (Fsp3) is 0.300. The summed E-state index contributed by atoms with van der Waals surface area (Å²) in [5.41, 5.74) is -0.571. The molecule has 0 aliphatic carbocycles. The summed E-state index contributed by atoms with van der Waals surface area (Å²) in [6.07, 6.45) is 7.39. The highest BCUT2D eigenvalue weighted by molar-refractivity contribution is 7.28. The molecular formula is C20H21BN2O2S2. The molecule has 1 aliphatic heterocycles. The van der Waals surface area contributed by atoms with Crippen LogP contribution in [-0.2, 0) is 9.31 Å². The number of nitrogens with zero attached hydrogens (tertiary/aromatic N) is 2. The van der Waals surface area contributed by atoms with Crippen LogP contribution in [0.25, 0.3) is 20.2 Å². The van der Waals surface area contributed by atoms with Crippen LogP contribution in [0.1, 0.15) is 27.7 Å². The third kappa shape index (κ3) is 3.65. The van der Waals surface area contributed by atoms with Crippen molar-refractivity contribution in [1.29, 1.82) is 0 Å². The van der Waals surface area contributed by atoms with Crippen molar-refractivity contribution in [2.45, 2.75) is 38.9 Å². The van der Waals surface area contributed by atoms with E-state index in [-0.39, 0.29) is 18.3 Å². The van der Waals surface area contributed by atoms with Gasteiger partial charge < -0.3 is 9.31 Å². The molecule has 5 heterocycles. The summed E-state index contributed by atoms with van der Waals surface area (Å²) < 4.78 is 15.7. The van der Waals surface area contributed by atoms with Gasteiger partial charge in [-0.3, -0.25) is 9.97 Å². The molecular weight excluding hydrogens is 375 g/mol. The van der Waals surface area contributed by atoms with Crippen molar-refractivity contribution in [2.75, 3.05) is 0 Å². The average Bonchev–Trinajstić information content (AvgIpc) is 3.31. The Labute approximate surface area is 167 Å². The minimum Gasteiger partial charge on any atom is -0.399 e. The lowest BCUT2D eigenvalue weighted by Gasteiger charge is -2.32. The summed E-state index contributed by atoms with van der Waals surface area (Å²) >= 11 is 3.45. The van der Waals surface area contributed by atoms with Crippen molar-refractivity contribution in [3.63, 3.8) is 0 Å². The molecule has 5 rings (SSSR count). The third-order valence-electron chi connectivity index (χ3n) is 5.07. The smallest absolute Gasteiger partial charge is 0.399 e. The van der Waals surface area contributed by atoms with Crippen molar-refractivity contribution in [1.82, 2.24) is 9.97 Å². The number of pyridine rings is 2. The lowest BCUT2D eigenvalue weighted by atomic mass is 9.88. The van der Waals surface area contributed by atoms with E-state index in [2.05, 4.69) is 55.2 Å². The lowest BCUT2D eigenvalue weighted by Crippen LogP contribution is -2.41. The zero-order valence-corrected chi connectivity index (χ0v) is 17.4. The molecule has 4 aromatic heterocycles. The number of fused-ring (bicyclic) bond motifs is 2. The molecule has 0 spiro atoms. The van der Waals surface area contributed by atoms with E-state index in [1.165, 1.54) is 14.8 Å². The lowest BCUT2D eigenvalue weighted by molar-refractivity contribution is 0.00578. The van der Waals surface area contributed by atoms with Crippen molar-refractivity contribution >= 4 is 54.7 Å². The van der Waals surface area contributed by atoms with E-state index in [1.807, 2.05) is 36.9 Å². The first kappa shape index (κ1) is 18.6. The van der Waals surface area contributed by atoms with Gasteiger partial charge in [-0.15, -0.1) is 22.7 Å². The van der Waals surface area contributed by atoms with Crippen LogP contribution in [0.5, 0.6) is 0 Å². The molecule has 1 aliphatic rings. The van der Waals surface area contributed by atoms with Crippen LogP contribution in [0.15, 0.2) is 54.4 Å². The van der Waals surface area contributed by atoms with Crippen molar-refractivity contribution in [3.8, 4) is 0 Å². The Morgan fingerprint density at radius 1 is 0.852 bits per heavy atom. The predicted octanol–water partition coefficient (Wildman–Crippen LogP) is 4.89. The molecule has 1 saturated heterocycles. The zero-order valence-electron chi connectivity index (χ0n) is 15.8. The number of hydrogen-bond acceptors (Lipinski definition) is 6. The highest BCUT2D eigenvalue weighted by Crippen LogP contribution is 2.37. The van der Waals surface area contributed by atoms with Crippen LogP contribution in [0, 0.1) is 0 Å². The van der Waals surface area contributed by atoms with E-state index in [4.69, 9.17) is 9.31 Å². The largest absolute Gasteiger partial charge is 0.505 e. The Balaban J connectivity index is 0.000000167. The summed E-state index contributed by atoms with van der Waals surface area (Å²) in [7, 11) is -0.271. The number of rotatable bonds is 1. The molecule has 0 radical (unpaired) electrons. The Morgan fingerprint density at radius 3 is 2.11 bits per heavy atom. The van der Waals surface area contributed by atoms with Crippen molar-refractivity contribution < 1.29 is 9.31 Å². The maximum atomic E-state index is 6.05. The van der Waals surface area contributed by atoms with Gasteiger partial charge >= 0.3 is 7.12 Å². The molecule has 0 aromatic carbocycles. The molecule has 4 nitrogen and oxygen atoms in total. The Morgan fingerprint density at radius 2 is 1.48 bits per heavy atom. The van der Waals surface area contributed by atoms with Crippen LogP contribution >= 0.6 is 22.7 Å². The first-order valence-corrected chi connectivity index (χ1v) is 10.5. The van der Waals surface area contributed by atoms with Crippen LogP contribution in [0.2, 0.25) is 0 Å². The highest BCUT2D eigenvalue weighted by atomic mass is 32.1. The van der Waals surface area contributed by atoms with Crippen LogP contribution in [-0.4, -0.2) is 28.3 Å². The first-order chi connectivity index (χ1) is 12.9. The molecule has 1 fully saturated rings. The van der Waals surface area contributed by atoms with Gasteiger partial charge in [0.25, 0.3) is 0 Å². The molecule has 0 unspecified atom stereocenters. The van der Waals surface area contributed by atoms with Crippen molar-refractivity contribution in [3.05, 3.63) is 54.4 Å². The van der Waals surface area contributed by atoms with Gasteiger partial charge in [0.15, 0.2) is 0 Å². The van der Waals surface area contributed by atoms with Gasteiger partial charge in [0, 0.05) is 49.7 Å². The van der Waals surface area contributed by atoms with Gasteiger partial charge in [-0.1, -0.05) is 0 Å². The zero-order chi connectivity index (χ0) is 19.1. The van der Waals surface area contributed by atoms with Crippen molar-refractivity contribution in [2.24, 2.45) is 0 Å². The first-order valence-electron chi connectivity index (χ1n) is 8.82. The van der Waals surface area contributed by atoms with Crippen LogP contribution in [0.3, 0.4) is 0 Å². The second-order valence-corrected chi connectivity index (χ2v) is 9.55. The maximum absolute atomic E-state index is 6.05. The van der Waals surface area contributed by atoms with Gasteiger partial charge in [-0.2, -0.15) is 0 Å². The number of thiophene rings is 2. The maximum Gasteiger partial charge on any atom is 0.505 e. The van der Waals surface area contributed by atoms with Gasteiger partial charge in [-0.25, -0.2) is 0 Å². The second kappa shape index (κ2) is 6.98. The molecule has 7 heteroatoms. The fourth-order valence-electron chi connectivity index (χ4n) is 2.79. The van der Waals surface area contributed by atoms with Crippen LogP contribution < -0.4 is 4.78 Å². The molecule has 0 bridgehead atoms. The van der Waals surface area contributed by atoms with E-state index >= 15 is 0 Å². The topological polar surface area (TPSA) is 44.2 Å². The van der Waals surface area contributed by atoms with E-state index in [0.717, 1.165) is 10.2 Å². The Bertz CT molecular complexity index is 995. The standard InChI is InChI=1S/C13H16BNO2S.C7H5NS/c1-12(2)13(3,4)17-14(16-12)11-7-9-8-15-6-5-10(9)18-11;1-3-8-5-6-2-4-9-7(1)6/h5-8H,1-4H3;1-5H. The molecule has 0 atom stereocenters. The Hall–Kier alpha value is -1.80. The molecule has 4 aromatic rings. The minimum atomic E-state index is -0.286. The third-order valence-corrected chi connectivity index (χ3v) is 7.11. The molecule has 0 amide bonds. The van der Waals surface area contributed by atoms with E-state index in [9.17, 15) is 0 Å². The van der Waals surface area contributed by atoms with E-state index in [0.29, 0.717) is 0 Å². The molecule has 138 valence electrons. The molecule has 0 N–H and O–H groups in total. The number of aromatic nitrogens is 2. The fourth-order valence-corrected chi connectivity index (χ4v) is 4.54. The van der Waals surface area contributed by atoms with Gasteiger partial charge in [-0.05, 0) is 57.3 Å². The van der Waals surface area contributed by atoms with E-state index < -0.39 is 0 Å². The van der Waals surface area contributed by atoms with E-state index in [1.54, 1.807) is 22.7 Å². The second-order valence-electron chi connectivity index (χ2n) is 7.48. The predicted molar refractivity (Wildman–Crippen MR) is 115 cm³/mol. The summed E-state index contributed by atoms with van der Waals surface area (Å²) in [5, 5.41) is 4.46. The quantitative estimate of drug-likeness (QED) is 0.430. The summed E-state index contributed by atoms with van der Waals surface area (Å²) in [6.45, 7) is 8.29. The Kier molecular flexibility index (Phi) is 4.80. The molecule has 0 saturated carbocycles. The molecule has 27 heavy (non-hydrogen) atoms. The van der Waals surface area contributed by atoms with Gasteiger partial charge in [0.2, 0.25) is 0 Å². The van der Waals surface area contributed by atoms with Gasteiger partial charge in [0.1, 0.15) is 0 Å².